The molecule has 1 aromatic heterocycles. The third kappa shape index (κ3) is 4.38. The molecule has 4 aromatic rings. The third-order valence-corrected chi connectivity index (χ3v) is 4.48. The number of ether oxygens (including phenoxy) is 1. The largest absolute Gasteiger partial charge is 0.484 e. The molecule has 0 spiro atoms. The van der Waals surface area contributed by atoms with Gasteiger partial charge in [0, 0.05) is 12.7 Å². The van der Waals surface area contributed by atoms with Gasteiger partial charge in [-0.15, -0.1) is 0 Å². The van der Waals surface area contributed by atoms with Gasteiger partial charge in [-0.2, -0.15) is 5.10 Å². The van der Waals surface area contributed by atoms with Crippen LogP contribution >= 0.6 is 0 Å². The second-order valence-electron chi connectivity index (χ2n) is 6.53. The Morgan fingerprint density at radius 3 is 2.61 bits per heavy atom. The van der Waals surface area contributed by atoms with Crippen LogP contribution in [0.25, 0.3) is 16.5 Å². The molecule has 140 valence electrons. The second-order valence-corrected chi connectivity index (χ2v) is 6.53. The molecule has 0 atom stereocenters. The van der Waals surface area contributed by atoms with E-state index in [1.54, 1.807) is 0 Å². The Hall–Kier alpha value is -3.60. The molecule has 0 unspecified atom stereocenters. The van der Waals surface area contributed by atoms with Crippen molar-refractivity contribution >= 4 is 16.7 Å². The van der Waals surface area contributed by atoms with Gasteiger partial charge in [0.25, 0.3) is 5.91 Å². The van der Waals surface area contributed by atoms with E-state index in [4.69, 9.17) is 4.74 Å². The van der Waals surface area contributed by atoms with E-state index in [9.17, 15) is 4.79 Å². The molecule has 0 radical (unpaired) electrons. The van der Waals surface area contributed by atoms with Crippen LogP contribution in [0.15, 0.2) is 85.2 Å². The maximum absolute atomic E-state index is 12.0. The van der Waals surface area contributed by atoms with E-state index < -0.39 is 0 Å². The summed E-state index contributed by atoms with van der Waals surface area (Å²) >= 11 is 0. The molecular weight excluding hydrogens is 350 g/mol. The number of aromatic nitrogens is 2. The molecule has 0 saturated heterocycles. The van der Waals surface area contributed by atoms with E-state index in [1.165, 1.54) is 0 Å². The fourth-order valence-electron chi connectivity index (χ4n) is 3.01. The smallest absolute Gasteiger partial charge is 0.257 e. The molecule has 3 aromatic carbocycles. The minimum atomic E-state index is -0.136. The van der Waals surface area contributed by atoms with Gasteiger partial charge in [0.05, 0.1) is 11.9 Å². The van der Waals surface area contributed by atoms with Crippen LogP contribution in [0.2, 0.25) is 0 Å². The molecule has 0 aliphatic carbocycles. The zero-order valence-electron chi connectivity index (χ0n) is 15.4. The van der Waals surface area contributed by atoms with Crippen molar-refractivity contribution in [2.75, 3.05) is 13.2 Å². The highest BCUT2D eigenvalue weighted by atomic mass is 16.5. The molecule has 28 heavy (non-hydrogen) atoms. The van der Waals surface area contributed by atoms with Crippen molar-refractivity contribution < 1.29 is 9.53 Å². The highest BCUT2D eigenvalue weighted by molar-refractivity contribution is 5.84. The van der Waals surface area contributed by atoms with Gasteiger partial charge in [-0.1, -0.05) is 48.5 Å². The summed E-state index contributed by atoms with van der Waals surface area (Å²) in [4.78, 5) is 12.0. The van der Waals surface area contributed by atoms with Crippen molar-refractivity contribution in [3.05, 3.63) is 90.8 Å². The fraction of sp³-hybridized carbons (Fsp3) is 0.130. The standard InChI is InChI=1S/C23H21N3O2/c27-23(17-28-22-11-10-19-6-4-5-7-20(19)14-22)24-13-12-18-15-25-26(16-18)21-8-2-1-3-9-21/h1-11,14-16H,12-13,17H2,(H,24,27). The number of fused-ring (bicyclic) bond motifs is 1. The number of hydrogen-bond acceptors (Lipinski definition) is 3. The lowest BCUT2D eigenvalue weighted by atomic mass is 10.1. The Labute approximate surface area is 163 Å². The first kappa shape index (κ1) is 17.8. The number of rotatable bonds is 7. The Kier molecular flexibility index (Phi) is 5.33. The van der Waals surface area contributed by atoms with Gasteiger partial charge >= 0.3 is 0 Å². The van der Waals surface area contributed by atoms with Crippen LogP contribution in [0.3, 0.4) is 0 Å². The maximum Gasteiger partial charge on any atom is 0.257 e. The average Bonchev–Trinajstić information content (AvgIpc) is 3.22. The van der Waals surface area contributed by atoms with Crippen LogP contribution in [0.1, 0.15) is 5.56 Å². The van der Waals surface area contributed by atoms with Crippen molar-refractivity contribution in [1.82, 2.24) is 15.1 Å². The van der Waals surface area contributed by atoms with E-state index in [1.807, 2.05) is 89.9 Å². The van der Waals surface area contributed by atoms with Gasteiger partial charge in [0.15, 0.2) is 6.61 Å². The normalized spacial score (nSPS) is 10.7. The summed E-state index contributed by atoms with van der Waals surface area (Å²) in [6.45, 7) is 0.544. The summed E-state index contributed by atoms with van der Waals surface area (Å²) in [5.74, 6) is 0.557. The molecule has 1 N–H and O–H groups in total. The van der Waals surface area contributed by atoms with Gasteiger partial charge < -0.3 is 10.1 Å². The monoisotopic (exact) mass is 371 g/mol. The Morgan fingerprint density at radius 1 is 0.964 bits per heavy atom. The topological polar surface area (TPSA) is 56.1 Å². The lowest BCUT2D eigenvalue weighted by molar-refractivity contribution is -0.123. The molecule has 0 bridgehead atoms. The van der Waals surface area contributed by atoms with Gasteiger partial charge in [-0.3, -0.25) is 4.79 Å². The molecule has 1 amide bonds. The lowest BCUT2D eigenvalue weighted by Crippen LogP contribution is -2.30. The van der Waals surface area contributed by atoms with Crippen LogP contribution in [-0.2, 0) is 11.2 Å². The predicted octanol–water partition coefficient (Wildman–Crippen LogP) is 3.76. The summed E-state index contributed by atoms with van der Waals surface area (Å²) in [5.41, 5.74) is 2.08. The third-order valence-electron chi connectivity index (χ3n) is 4.48. The van der Waals surface area contributed by atoms with E-state index in [0.29, 0.717) is 18.7 Å². The van der Waals surface area contributed by atoms with E-state index in [2.05, 4.69) is 10.4 Å². The molecule has 0 aliphatic rings. The van der Waals surface area contributed by atoms with Gasteiger partial charge in [-0.25, -0.2) is 4.68 Å². The molecule has 4 rings (SSSR count). The summed E-state index contributed by atoms with van der Waals surface area (Å²) in [5, 5.41) is 9.49. The van der Waals surface area contributed by atoms with E-state index >= 15 is 0 Å². The Bertz CT molecular complexity index is 1070. The van der Waals surface area contributed by atoms with Crippen molar-refractivity contribution in [2.45, 2.75) is 6.42 Å². The number of benzene rings is 3. The minimum absolute atomic E-state index is 0.00160. The molecule has 0 aliphatic heterocycles. The second kappa shape index (κ2) is 8.39. The molecule has 1 heterocycles. The first-order valence-electron chi connectivity index (χ1n) is 9.25. The number of amides is 1. The Morgan fingerprint density at radius 2 is 1.75 bits per heavy atom. The number of carbonyl (C=O) groups is 1. The highest BCUT2D eigenvalue weighted by Crippen LogP contribution is 2.20. The summed E-state index contributed by atoms with van der Waals surface area (Å²) < 4.78 is 7.45. The molecule has 0 saturated carbocycles. The Balaban J connectivity index is 1.24. The SMILES string of the molecule is O=C(COc1ccc2ccccc2c1)NCCc1cnn(-c2ccccc2)c1. The van der Waals surface area contributed by atoms with Gasteiger partial charge in [0.1, 0.15) is 5.75 Å². The molecule has 0 fully saturated rings. The van der Waals surface area contributed by atoms with Gasteiger partial charge in [0.2, 0.25) is 0 Å². The van der Waals surface area contributed by atoms with Crippen LogP contribution in [0, 0.1) is 0 Å². The summed E-state index contributed by atoms with van der Waals surface area (Å²) in [7, 11) is 0. The van der Waals surface area contributed by atoms with E-state index in [-0.39, 0.29) is 12.5 Å². The number of para-hydroxylation sites is 1. The quantitative estimate of drug-likeness (QED) is 0.538. The van der Waals surface area contributed by atoms with E-state index in [0.717, 1.165) is 22.0 Å². The molecular formula is C23H21N3O2. The molecule has 5 heteroatoms. The van der Waals surface area contributed by atoms with Crippen LogP contribution in [0.4, 0.5) is 0 Å². The number of nitrogens with zero attached hydrogens (tertiary/aromatic N) is 2. The van der Waals surface area contributed by atoms with Crippen molar-refractivity contribution in [2.24, 2.45) is 0 Å². The summed E-state index contributed by atoms with van der Waals surface area (Å²) in [6.07, 6.45) is 4.52. The first-order chi connectivity index (χ1) is 13.8. The first-order valence-corrected chi connectivity index (χ1v) is 9.25. The van der Waals surface area contributed by atoms with Crippen molar-refractivity contribution in [1.29, 1.82) is 0 Å². The van der Waals surface area contributed by atoms with Crippen LogP contribution in [-0.4, -0.2) is 28.8 Å². The van der Waals surface area contributed by atoms with Crippen molar-refractivity contribution in [3.8, 4) is 11.4 Å². The highest BCUT2D eigenvalue weighted by Gasteiger charge is 2.05. The fourth-order valence-corrected chi connectivity index (χ4v) is 3.01. The zero-order valence-corrected chi connectivity index (χ0v) is 15.4. The maximum atomic E-state index is 12.0. The minimum Gasteiger partial charge on any atom is -0.484 e. The predicted molar refractivity (Wildman–Crippen MR) is 110 cm³/mol. The number of hydrogen-bond donors (Lipinski definition) is 1. The zero-order chi connectivity index (χ0) is 19.2. The average molecular weight is 371 g/mol. The summed E-state index contributed by atoms with van der Waals surface area (Å²) in [6, 6.07) is 23.8. The van der Waals surface area contributed by atoms with Crippen molar-refractivity contribution in [3.63, 3.8) is 0 Å². The van der Waals surface area contributed by atoms with Crippen LogP contribution in [0.5, 0.6) is 5.75 Å². The van der Waals surface area contributed by atoms with Gasteiger partial charge in [-0.05, 0) is 47.0 Å². The lowest BCUT2D eigenvalue weighted by Gasteiger charge is -2.08. The number of nitrogens with one attached hydrogen (secondary N) is 1. The van der Waals surface area contributed by atoms with Crippen LogP contribution < -0.4 is 10.1 Å². The molecule has 5 nitrogen and oxygen atoms in total. The number of carbonyl (C=O) groups excluding carboxylic acids is 1.